The van der Waals surface area contributed by atoms with Crippen molar-refractivity contribution in [1.82, 2.24) is 10.1 Å². The van der Waals surface area contributed by atoms with Gasteiger partial charge in [-0.05, 0) is 25.2 Å². The third-order valence-corrected chi connectivity index (χ3v) is 2.37. The summed E-state index contributed by atoms with van der Waals surface area (Å²) in [6.07, 6.45) is 2.44. The van der Waals surface area contributed by atoms with E-state index in [0.29, 0.717) is 0 Å². The first-order valence-corrected chi connectivity index (χ1v) is 5.36. The van der Waals surface area contributed by atoms with E-state index in [-0.39, 0.29) is 0 Å². The molecule has 0 spiro atoms. The van der Waals surface area contributed by atoms with E-state index in [9.17, 15) is 0 Å². The van der Waals surface area contributed by atoms with Gasteiger partial charge in [-0.1, -0.05) is 29.4 Å². The van der Waals surface area contributed by atoms with Crippen molar-refractivity contribution >= 4 is 0 Å². The molecule has 1 aromatic carbocycles. The van der Waals surface area contributed by atoms with E-state index in [4.69, 9.17) is 4.52 Å². The summed E-state index contributed by atoms with van der Waals surface area (Å²) in [7, 11) is 4.15. The van der Waals surface area contributed by atoms with Gasteiger partial charge in [0.1, 0.15) is 6.26 Å². The van der Waals surface area contributed by atoms with E-state index < -0.39 is 0 Å². The first-order chi connectivity index (χ1) is 7.74. The molecule has 0 fully saturated rings. The molecule has 3 nitrogen and oxygen atoms in total. The van der Waals surface area contributed by atoms with Crippen LogP contribution in [0.1, 0.15) is 16.8 Å². The van der Waals surface area contributed by atoms with Crippen molar-refractivity contribution < 1.29 is 4.52 Å². The molecule has 1 aromatic heterocycles. The van der Waals surface area contributed by atoms with Crippen LogP contribution in [0.25, 0.3) is 0 Å². The lowest BCUT2D eigenvalue weighted by Gasteiger charge is -2.10. The largest absolute Gasteiger partial charge is 0.365 e. The van der Waals surface area contributed by atoms with Crippen molar-refractivity contribution in [3.8, 4) is 0 Å². The summed E-state index contributed by atoms with van der Waals surface area (Å²) >= 11 is 0. The highest BCUT2D eigenvalue weighted by atomic mass is 16.5. The van der Waals surface area contributed by atoms with Crippen LogP contribution in [0.5, 0.6) is 0 Å². The van der Waals surface area contributed by atoms with Crippen molar-refractivity contribution in [2.24, 2.45) is 0 Å². The molecule has 0 bridgehead atoms. The molecule has 16 heavy (non-hydrogen) atoms. The molecule has 0 saturated heterocycles. The molecule has 2 aromatic rings. The van der Waals surface area contributed by atoms with Crippen molar-refractivity contribution in [2.75, 3.05) is 14.1 Å². The molecular formula is C13H16N2O. The van der Waals surface area contributed by atoms with E-state index in [0.717, 1.165) is 18.7 Å². The molecule has 2 rings (SSSR count). The summed E-state index contributed by atoms with van der Waals surface area (Å²) in [6.45, 7) is 0.965. The van der Waals surface area contributed by atoms with Crippen LogP contribution in [0.3, 0.4) is 0 Å². The third-order valence-electron chi connectivity index (χ3n) is 2.37. The van der Waals surface area contributed by atoms with Crippen LogP contribution in [0, 0.1) is 0 Å². The molecule has 84 valence electrons. The SMILES string of the molecule is CN(C)Cc1cccc(Cc2ccon2)c1. The van der Waals surface area contributed by atoms with Gasteiger partial charge >= 0.3 is 0 Å². The van der Waals surface area contributed by atoms with E-state index in [1.54, 1.807) is 6.26 Å². The average molecular weight is 216 g/mol. The first-order valence-electron chi connectivity index (χ1n) is 5.36. The zero-order valence-electron chi connectivity index (χ0n) is 9.68. The smallest absolute Gasteiger partial charge is 0.124 e. The normalized spacial score (nSPS) is 10.9. The van der Waals surface area contributed by atoms with Gasteiger partial charge in [-0.2, -0.15) is 0 Å². The Morgan fingerprint density at radius 1 is 1.19 bits per heavy atom. The highest BCUT2D eigenvalue weighted by Gasteiger charge is 2.01. The van der Waals surface area contributed by atoms with Gasteiger partial charge in [0.05, 0.1) is 5.69 Å². The summed E-state index contributed by atoms with van der Waals surface area (Å²) in [6, 6.07) is 10.5. The lowest BCUT2D eigenvalue weighted by atomic mass is 10.1. The van der Waals surface area contributed by atoms with Gasteiger partial charge in [-0.3, -0.25) is 0 Å². The second-order valence-corrected chi connectivity index (χ2v) is 4.23. The van der Waals surface area contributed by atoms with Crippen LogP contribution in [-0.4, -0.2) is 24.2 Å². The predicted octanol–water partition coefficient (Wildman–Crippen LogP) is 2.33. The molecule has 0 unspecified atom stereocenters. The molecular weight excluding hydrogens is 200 g/mol. The van der Waals surface area contributed by atoms with Gasteiger partial charge in [0.2, 0.25) is 0 Å². The Bertz CT molecular complexity index is 435. The molecule has 0 aliphatic rings. The quantitative estimate of drug-likeness (QED) is 0.785. The van der Waals surface area contributed by atoms with Gasteiger partial charge in [0, 0.05) is 19.0 Å². The number of aromatic nitrogens is 1. The number of benzene rings is 1. The molecule has 0 aliphatic heterocycles. The highest BCUT2D eigenvalue weighted by molar-refractivity contribution is 5.26. The minimum absolute atomic E-state index is 0.831. The maximum Gasteiger partial charge on any atom is 0.124 e. The lowest BCUT2D eigenvalue weighted by molar-refractivity contribution is 0.402. The predicted molar refractivity (Wildman–Crippen MR) is 63.1 cm³/mol. The second-order valence-electron chi connectivity index (χ2n) is 4.23. The van der Waals surface area contributed by atoms with E-state index in [2.05, 4.69) is 48.4 Å². The Kier molecular flexibility index (Phi) is 3.37. The Hall–Kier alpha value is -1.61. The maximum absolute atomic E-state index is 4.82. The Labute approximate surface area is 95.7 Å². The summed E-state index contributed by atoms with van der Waals surface area (Å²) in [5.74, 6) is 0. The van der Waals surface area contributed by atoms with E-state index >= 15 is 0 Å². The zero-order chi connectivity index (χ0) is 11.4. The topological polar surface area (TPSA) is 29.3 Å². The zero-order valence-corrected chi connectivity index (χ0v) is 9.68. The minimum Gasteiger partial charge on any atom is -0.365 e. The van der Waals surface area contributed by atoms with Crippen molar-refractivity contribution in [3.05, 3.63) is 53.4 Å². The van der Waals surface area contributed by atoms with Crippen molar-refractivity contribution in [3.63, 3.8) is 0 Å². The second kappa shape index (κ2) is 4.94. The van der Waals surface area contributed by atoms with Gasteiger partial charge in [0.25, 0.3) is 0 Å². The fraction of sp³-hybridized carbons (Fsp3) is 0.308. The lowest BCUT2D eigenvalue weighted by Crippen LogP contribution is -2.10. The summed E-state index contributed by atoms with van der Waals surface area (Å²) in [5.41, 5.74) is 3.57. The number of hydrogen-bond donors (Lipinski definition) is 0. The molecule has 0 saturated carbocycles. The first kappa shape index (κ1) is 10.9. The van der Waals surface area contributed by atoms with Crippen LogP contribution < -0.4 is 0 Å². The Morgan fingerprint density at radius 3 is 2.69 bits per heavy atom. The molecule has 3 heteroatoms. The fourth-order valence-electron chi connectivity index (χ4n) is 1.74. The van der Waals surface area contributed by atoms with Gasteiger partial charge in [0.15, 0.2) is 0 Å². The summed E-state index contributed by atoms with van der Waals surface area (Å²) < 4.78 is 4.82. The van der Waals surface area contributed by atoms with Crippen LogP contribution >= 0.6 is 0 Å². The number of rotatable bonds is 4. The monoisotopic (exact) mass is 216 g/mol. The fourth-order valence-corrected chi connectivity index (χ4v) is 1.74. The molecule has 0 N–H and O–H groups in total. The van der Waals surface area contributed by atoms with E-state index in [1.165, 1.54) is 11.1 Å². The standard InChI is InChI=1S/C13H16N2O/c1-15(2)10-12-5-3-4-11(8-12)9-13-6-7-16-14-13/h3-8H,9-10H2,1-2H3. The van der Waals surface area contributed by atoms with Gasteiger partial charge < -0.3 is 9.42 Å². The van der Waals surface area contributed by atoms with Crippen molar-refractivity contribution in [2.45, 2.75) is 13.0 Å². The molecule has 0 amide bonds. The maximum atomic E-state index is 4.82. The Balaban J connectivity index is 2.10. The average Bonchev–Trinajstić information content (AvgIpc) is 2.70. The number of hydrogen-bond acceptors (Lipinski definition) is 3. The number of nitrogens with zero attached hydrogens (tertiary/aromatic N) is 2. The highest BCUT2D eigenvalue weighted by Crippen LogP contribution is 2.11. The minimum atomic E-state index is 0.831. The van der Waals surface area contributed by atoms with Crippen LogP contribution in [0.15, 0.2) is 41.1 Å². The van der Waals surface area contributed by atoms with Gasteiger partial charge in [-0.15, -0.1) is 0 Å². The molecule has 0 radical (unpaired) electrons. The van der Waals surface area contributed by atoms with Crippen molar-refractivity contribution in [1.29, 1.82) is 0 Å². The Morgan fingerprint density at radius 2 is 2.00 bits per heavy atom. The summed E-state index contributed by atoms with van der Waals surface area (Å²) in [5, 5.41) is 3.92. The van der Waals surface area contributed by atoms with Crippen LogP contribution in [-0.2, 0) is 13.0 Å². The molecule has 1 heterocycles. The van der Waals surface area contributed by atoms with Gasteiger partial charge in [-0.25, -0.2) is 0 Å². The van der Waals surface area contributed by atoms with E-state index in [1.807, 2.05) is 6.07 Å². The van der Waals surface area contributed by atoms with Crippen LogP contribution in [0.2, 0.25) is 0 Å². The third kappa shape index (κ3) is 2.94. The molecule has 0 aliphatic carbocycles. The molecule has 0 atom stereocenters. The van der Waals surface area contributed by atoms with Crippen LogP contribution in [0.4, 0.5) is 0 Å². The summed E-state index contributed by atoms with van der Waals surface area (Å²) in [4.78, 5) is 2.16.